The van der Waals surface area contributed by atoms with Crippen molar-refractivity contribution in [3.8, 4) is 5.75 Å². The minimum absolute atomic E-state index is 0. The Morgan fingerprint density at radius 1 is 1.07 bits per heavy atom. The van der Waals surface area contributed by atoms with E-state index in [0.717, 1.165) is 11.1 Å². The first-order chi connectivity index (χ1) is 12.6. The van der Waals surface area contributed by atoms with Gasteiger partial charge in [0.2, 0.25) is 0 Å². The summed E-state index contributed by atoms with van der Waals surface area (Å²) in [5.41, 5.74) is 2.03. The van der Waals surface area contributed by atoms with Crippen molar-refractivity contribution in [2.45, 2.75) is 13.1 Å². The van der Waals surface area contributed by atoms with Crippen LogP contribution in [0, 0.1) is 5.82 Å². The summed E-state index contributed by atoms with van der Waals surface area (Å²) in [5, 5.41) is 6.25. The molecule has 0 fully saturated rings. The Labute approximate surface area is 175 Å². The predicted octanol–water partition coefficient (Wildman–Crippen LogP) is 3.10. The van der Waals surface area contributed by atoms with E-state index in [-0.39, 0.29) is 29.8 Å². The van der Waals surface area contributed by atoms with Gasteiger partial charge >= 0.3 is 5.97 Å². The van der Waals surface area contributed by atoms with Gasteiger partial charge in [-0.2, -0.15) is 0 Å². The number of carbonyl (C=O) groups excluding carboxylic acids is 1. The number of carbonyl (C=O) groups is 1. The maximum atomic E-state index is 13.2. The number of nitrogens with zero attached hydrogens (tertiary/aromatic N) is 1. The molecule has 2 aromatic rings. The molecule has 2 aromatic carbocycles. The highest BCUT2D eigenvalue weighted by molar-refractivity contribution is 14.0. The highest BCUT2D eigenvalue weighted by Gasteiger charge is 2.13. The van der Waals surface area contributed by atoms with Gasteiger partial charge in [0.15, 0.2) is 5.96 Å². The van der Waals surface area contributed by atoms with E-state index in [2.05, 4.69) is 15.6 Å². The maximum absolute atomic E-state index is 13.2. The Morgan fingerprint density at radius 3 is 2.30 bits per heavy atom. The number of esters is 1. The van der Waals surface area contributed by atoms with Gasteiger partial charge in [0.25, 0.3) is 0 Å². The minimum Gasteiger partial charge on any atom is -0.496 e. The number of aliphatic imine (C=N–C) groups is 1. The average molecular weight is 487 g/mol. The second-order valence-electron chi connectivity index (χ2n) is 5.44. The fourth-order valence-electron chi connectivity index (χ4n) is 2.37. The van der Waals surface area contributed by atoms with Crippen molar-refractivity contribution in [3.05, 3.63) is 65.0 Å². The highest BCUT2D eigenvalue weighted by atomic mass is 127. The first kappa shape index (κ1) is 22.7. The van der Waals surface area contributed by atoms with Crippen LogP contribution in [0.25, 0.3) is 0 Å². The number of ether oxygens (including phenoxy) is 2. The molecule has 27 heavy (non-hydrogen) atoms. The molecule has 0 heterocycles. The molecule has 0 atom stereocenters. The zero-order valence-electron chi connectivity index (χ0n) is 15.4. The molecule has 0 radical (unpaired) electrons. The fourth-order valence-corrected chi connectivity index (χ4v) is 2.37. The van der Waals surface area contributed by atoms with Gasteiger partial charge in [-0.1, -0.05) is 18.2 Å². The average Bonchev–Trinajstić information content (AvgIpc) is 2.67. The summed E-state index contributed by atoms with van der Waals surface area (Å²) >= 11 is 0. The number of methoxy groups -OCH3 is 2. The van der Waals surface area contributed by atoms with E-state index in [4.69, 9.17) is 9.47 Å². The normalized spacial score (nSPS) is 10.6. The lowest BCUT2D eigenvalue weighted by Crippen LogP contribution is -2.36. The van der Waals surface area contributed by atoms with Crippen molar-refractivity contribution in [2.75, 3.05) is 21.3 Å². The van der Waals surface area contributed by atoms with Crippen molar-refractivity contribution >= 4 is 35.9 Å². The first-order valence-corrected chi connectivity index (χ1v) is 8.01. The third-order valence-electron chi connectivity index (χ3n) is 3.70. The Morgan fingerprint density at radius 2 is 1.74 bits per heavy atom. The second kappa shape index (κ2) is 11.4. The summed E-state index contributed by atoms with van der Waals surface area (Å²) in [4.78, 5) is 16.0. The van der Waals surface area contributed by atoms with E-state index >= 15 is 0 Å². The van der Waals surface area contributed by atoms with Gasteiger partial charge in [-0.25, -0.2) is 9.18 Å². The minimum atomic E-state index is -0.461. The largest absolute Gasteiger partial charge is 0.496 e. The van der Waals surface area contributed by atoms with Gasteiger partial charge in [-0.3, -0.25) is 4.99 Å². The van der Waals surface area contributed by atoms with Crippen LogP contribution in [-0.2, 0) is 17.8 Å². The monoisotopic (exact) mass is 487 g/mol. The van der Waals surface area contributed by atoms with Crippen LogP contribution in [0.5, 0.6) is 5.75 Å². The van der Waals surface area contributed by atoms with E-state index < -0.39 is 5.97 Å². The molecular formula is C19H23FIN3O3. The zero-order valence-corrected chi connectivity index (χ0v) is 17.7. The molecule has 2 N–H and O–H groups in total. The summed E-state index contributed by atoms with van der Waals surface area (Å²) in [5.74, 6) is 0.275. The molecule has 146 valence electrons. The van der Waals surface area contributed by atoms with Crippen LogP contribution in [0.2, 0.25) is 0 Å². The number of halogens is 2. The van der Waals surface area contributed by atoms with Crippen LogP contribution in [0.15, 0.2) is 47.5 Å². The lowest BCUT2D eigenvalue weighted by Gasteiger charge is -2.13. The summed E-state index contributed by atoms with van der Waals surface area (Å²) < 4.78 is 23.2. The lowest BCUT2D eigenvalue weighted by atomic mass is 10.1. The lowest BCUT2D eigenvalue weighted by molar-refractivity contribution is 0.0597. The molecule has 8 heteroatoms. The molecular weight excluding hydrogens is 464 g/mol. The number of benzene rings is 2. The molecule has 0 unspecified atom stereocenters. The molecule has 0 aliphatic rings. The smallest absolute Gasteiger partial charge is 0.341 e. The van der Waals surface area contributed by atoms with Gasteiger partial charge in [0, 0.05) is 20.1 Å². The van der Waals surface area contributed by atoms with Gasteiger partial charge in [0.05, 0.1) is 14.2 Å². The van der Waals surface area contributed by atoms with Crippen LogP contribution in [0.4, 0.5) is 4.39 Å². The van der Waals surface area contributed by atoms with Crippen molar-refractivity contribution in [2.24, 2.45) is 4.99 Å². The predicted molar refractivity (Wildman–Crippen MR) is 113 cm³/mol. The van der Waals surface area contributed by atoms with Crippen LogP contribution in [0.1, 0.15) is 21.5 Å². The van der Waals surface area contributed by atoms with Crippen LogP contribution in [-0.4, -0.2) is 33.2 Å². The molecule has 6 nitrogen and oxygen atoms in total. The van der Waals surface area contributed by atoms with Gasteiger partial charge in [-0.05, 0) is 35.4 Å². The van der Waals surface area contributed by atoms with E-state index in [1.165, 1.54) is 26.4 Å². The third kappa shape index (κ3) is 6.70. The Hall–Kier alpha value is -2.36. The standard InChI is InChI=1S/C19H22FN3O3.HI/c1-21-19(22-11-13-5-4-6-15(20)9-13)23-12-14-7-8-17(25-2)16(10-14)18(24)26-3;/h4-10H,11-12H2,1-3H3,(H2,21,22,23);1H. The topological polar surface area (TPSA) is 72.0 Å². The second-order valence-corrected chi connectivity index (χ2v) is 5.44. The summed E-state index contributed by atoms with van der Waals surface area (Å²) in [6, 6.07) is 11.6. The van der Waals surface area contributed by atoms with Crippen LogP contribution >= 0.6 is 24.0 Å². The number of rotatable bonds is 6. The van der Waals surface area contributed by atoms with Gasteiger partial charge in [-0.15, -0.1) is 24.0 Å². The summed E-state index contributed by atoms with van der Waals surface area (Å²) in [6.45, 7) is 0.879. The van der Waals surface area contributed by atoms with Crippen molar-refractivity contribution in [1.29, 1.82) is 0 Å². The van der Waals surface area contributed by atoms with E-state index in [0.29, 0.717) is 30.4 Å². The Bertz CT molecular complexity index is 800. The number of hydrogen-bond acceptors (Lipinski definition) is 4. The summed E-state index contributed by atoms with van der Waals surface area (Å²) in [7, 11) is 4.47. The van der Waals surface area contributed by atoms with E-state index in [1.807, 2.05) is 12.1 Å². The molecule has 0 saturated carbocycles. The third-order valence-corrected chi connectivity index (χ3v) is 3.70. The number of hydrogen-bond donors (Lipinski definition) is 2. The van der Waals surface area contributed by atoms with Crippen molar-refractivity contribution in [1.82, 2.24) is 10.6 Å². The molecule has 0 amide bonds. The number of guanidine groups is 1. The Kier molecular flexibility index (Phi) is 9.55. The van der Waals surface area contributed by atoms with Crippen LogP contribution in [0.3, 0.4) is 0 Å². The molecule has 0 bridgehead atoms. The fraction of sp³-hybridized carbons (Fsp3) is 0.263. The molecule has 0 aliphatic heterocycles. The van der Waals surface area contributed by atoms with Gasteiger partial charge in [0.1, 0.15) is 17.1 Å². The zero-order chi connectivity index (χ0) is 18.9. The van der Waals surface area contributed by atoms with Gasteiger partial charge < -0.3 is 20.1 Å². The molecule has 0 saturated heterocycles. The van der Waals surface area contributed by atoms with Crippen LogP contribution < -0.4 is 15.4 Å². The van der Waals surface area contributed by atoms with Crippen molar-refractivity contribution in [3.63, 3.8) is 0 Å². The van der Waals surface area contributed by atoms with E-state index in [9.17, 15) is 9.18 Å². The molecule has 0 spiro atoms. The number of nitrogens with one attached hydrogen (secondary N) is 2. The molecule has 0 aromatic heterocycles. The van der Waals surface area contributed by atoms with Crippen molar-refractivity contribution < 1.29 is 18.7 Å². The highest BCUT2D eigenvalue weighted by Crippen LogP contribution is 2.20. The first-order valence-electron chi connectivity index (χ1n) is 8.01. The summed E-state index contributed by atoms with van der Waals surface area (Å²) in [6.07, 6.45) is 0. The molecule has 2 rings (SSSR count). The van der Waals surface area contributed by atoms with E-state index in [1.54, 1.807) is 25.2 Å². The SMILES string of the molecule is CN=C(NCc1cccc(F)c1)NCc1ccc(OC)c(C(=O)OC)c1.I. The maximum Gasteiger partial charge on any atom is 0.341 e. The Balaban J connectivity index is 0.00000364. The molecule has 0 aliphatic carbocycles. The quantitative estimate of drug-likeness (QED) is 0.284.